The van der Waals surface area contributed by atoms with Gasteiger partial charge in [0, 0.05) is 6.54 Å². The van der Waals surface area contributed by atoms with Crippen molar-refractivity contribution in [1.29, 1.82) is 0 Å². The maximum absolute atomic E-state index is 13.8. The van der Waals surface area contributed by atoms with Crippen LogP contribution in [0.3, 0.4) is 0 Å². The molecule has 1 unspecified atom stereocenters. The highest BCUT2D eigenvalue weighted by atomic mass is 19.1. The molecule has 1 amide bonds. The second-order valence-corrected chi connectivity index (χ2v) is 8.60. The van der Waals surface area contributed by atoms with Crippen molar-refractivity contribution in [3.8, 4) is 5.75 Å². The van der Waals surface area contributed by atoms with E-state index in [9.17, 15) is 14.0 Å². The third-order valence-electron chi connectivity index (χ3n) is 6.17. The zero-order chi connectivity index (χ0) is 24.0. The molecular weight excluding hydrogens is 433 g/mol. The predicted octanol–water partition coefficient (Wildman–Crippen LogP) is 5.69. The van der Waals surface area contributed by atoms with Gasteiger partial charge in [-0.25, -0.2) is 4.39 Å². The van der Waals surface area contributed by atoms with Crippen molar-refractivity contribution in [2.45, 2.75) is 33.4 Å². The van der Waals surface area contributed by atoms with E-state index in [1.54, 1.807) is 23.1 Å². The van der Waals surface area contributed by atoms with Gasteiger partial charge in [-0.3, -0.25) is 9.59 Å². The summed E-state index contributed by atoms with van der Waals surface area (Å²) in [6, 6.07) is 16.5. The van der Waals surface area contributed by atoms with Crippen LogP contribution in [0.1, 0.15) is 51.3 Å². The van der Waals surface area contributed by atoms with Crippen LogP contribution in [-0.4, -0.2) is 17.4 Å². The third-order valence-corrected chi connectivity index (χ3v) is 6.17. The van der Waals surface area contributed by atoms with Crippen molar-refractivity contribution in [3.63, 3.8) is 0 Å². The molecule has 0 aliphatic carbocycles. The standard InChI is InChI=1S/C28H24FNO4/c1-4-33-21-11-7-19(8-12-21)24-23-25(31)22-14-16(2)13-17(3)26(22)34-27(23)28(32)30(24)15-18-5-9-20(29)10-6-18/h5-14,24H,4,15H2,1-3H3. The molecule has 1 aliphatic heterocycles. The largest absolute Gasteiger partial charge is 0.494 e. The number of halogens is 1. The van der Waals surface area contributed by atoms with Crippen molar-refractivity contribution in [2.24, 2.45) is 0 Å². The van der Waals surface area contributed by atoms with E-state index in [4.69, 9.17) is 9.15 Å². The van der Waals surface area contributed by atoms with Gasteiger partial charge in [-0.05, 0) is 73.4 Å². The molecule has 0 spiro atoms. The van der Waals surface area contributed by atoms with E-state index in [0.29, 0.717) is 28.9 Å². The third kappa shape index (κ3) is 3.65. The van der Waals surface area contributed by atoms with Crippen LogP contribution in [0.5, 0.6) is 5.75 Å². The number of carbonyl (C=O) groups excluding carboxylic acids is 1. The number of amides is 1. The summed E-state index contributed by atoms with van der Waals surface area (Å²) in [5.74, 6) is 0.0529. The van der Waals surface area contributed by atoms with Crippen molar-refractivity contribution in [2.75, 3.05) is 6.61 Å². The average molecular weight is 458 g/mol. The molecular formula is C28H24FNO4. The molecule has 1 aromatic heterocycles. The van der Waals surface area contributed by atoms with Gasteiger partial charge >= 0.3 is 0 Å². The van der Waals surface area contributed by atoms with E-state index < -0.39 is 6.04 Å². The molecule has 0 bridgehead atoms. The highest BCUT2D eigenvalue weighted by molar-refractivity contribution is 5.99. The quantitative estimate of drug-likeness (QED) is 0.386. The SMILES string of the molecule is CCOc1ccc(C2c3c(oc4c(C)cc(C)cc4c3=O)C(=O)N2Cc2ccc(F)cc2)cc1. The van der Waals surface area contributed by atoms with Crippen molar-refractivity contribution < 1.29 is 18.3 Å². The summed E-state index contributed by atoms with van der Waals surface area (Å²) in [5, 5.41) is 0.462. The Bertz CT molecular complexity index is 1460. The molecule has 6 heteroatoms. The first-order valence-electron chi connectivity index (χ1n) is 11.2. The number of carbonyl (C=O) groups is 1. The van der Waals surface area contributed by atoms with Crippen molar-refractivity contribution in [1.82, 2.24) is 4.90 Å². The Balaban J connectivity index is 1.70. The van der Waals surface area contributed by atoms with E-state index in [-0.39, 0.29) is 29.5 Å². The first kappa shape index (κ1) is 21.9. The maximum atomic E-state index is 13.8. The second-order valence-electron chi connectivity index (χ2n) is 8.60. The Kier molecular flexibility index (Phi) is 5.44. The summed E-state index contributed by atoms with van der Waals surface area (Å²) in [6.45, 7) is 6.44. The molecule has 0 saturated carbocycles. The summed E-state index contributed by atoms with van der Waals surface area (Å²) in [7, 11) is 0. The fraction of sp³-hybridized carbons (Fsp3) is 0.214. The molecule has 0 radical (unpaired) electrons. The molecule has 0 fully saturated rings. The zero-order valence-corrected chi connectivity index (χ0v) is 19.2. The van der Waals surface area contributed by atoms with Crippen molar-refractivity contribution in [3.05, 3.63) is 110 Å². The number of rotatable bonds is 5. The second kappa shape index (κ2) is 8.45. The highest BCUT2D eigenvalue weighted by Gasteiger charge is 2.42. The summed E-state index contributed by atoms with van der Waals surface area (Å²) in [4.78, 5) is 29.0. The summed E-state index contributed by atoms with van der Waals surface area (Å²) in [6.07, 6.45) is 0. The molecule has 0 N–H and O–H groups in total. The summed E-state index contributed by atoms with van der Waals surface area (Å²) >= 11 is 0. The van der Waals surface area contributed by atoms with Crippen LogP contribution in [-0.2, 0) is 6.54 Å². The van der Waals surface area contributed by atoms with E-state index in [0.717, 1.165) is 22.3 Å². The van der Waals surface area contributed by atoms with Gasteiger partial charge in [0.1, 0.15) is 17.1 Å². The lowest BCUT2D eigenvalue weighted by Gasteiger charge is -2.25. The van der Waals surface area contributed by atoms with E-state index in [1.807, 2.05) is 51.1 Å². The number of hydrogen-bond donors (Lipinski definition) is 0. The molecule has 1 aliphatic rings. The van der Waals surface area contributed by atoms with Crippen LogP contribution in [0.2, 0.25) is 0 Å². The minimum absolute atomic E-state index is 0.0606. The fourth-order valence-corrected chi connectivity index (χ4v) is 4.68. The molecule has 2 heterocycles. The lowest BCUT2D eigenvalue weighted by molar-refractivity contribution is 0.0714. The Hall–Kier alpha value is -3.93. The number of hydrogen-bond acceptors (Lipinski definition) is 4. The molecule has 34 heavy (non-hydrogen) atoms. The van der Waals surface area contributed by atoms with Gasteiger partial charge in [-0.1, -0.05) is 30.3 Å². The van der Waals surface area contributed by atoms with E-state index in [2.05, 4.69) is 0 Å². The molecule has 3 aromatic carbocycles. The monoisotopic (exact) mass is 457 g/mol. The van der Waals surface area contributed by atoms with E-state index in [1.165, 1.54) is 12.1 Å². The Morgan fingerprint density at radius 1 is 1.00 bits per heavy atom. The van der Waals surface area contributed by atoms with Crippen LogP contribution in [0.25, 0.3) is 11.0 Å². The molecule has 5 rings (SSSR count). The number of fused-ring (bicyclic) bond motifs is 2. The topological polar surface area (TPSA) is 59.8 Å². The fourth-order valence-electron chi connectivity index (χ4n) is 4.68. The van der Waals surface area contributed by atoms with Gasteiger partial charge in [0.05, 0.1) is 23.6 Å². The van der Waals surface area contributed by atoms with Gasteiger partial charge in [-0.2, -0.15) is 0 Å². The summed E-state index contributed by atoms with van der Waals surface area (Å²) < 4.78 is 25.1. The first-order valence-corrected chi connectivity index (χ1v) is 11.2. The Labute approximate surface area is 196 Å². The van der Waals surface area contributed by atoms with Crippen LogP contribution >= 0.6 is 0 Å². The lowest BCUT2D eigenvalue weighted by Crippen LogP contribution is -2.29. The highest BCUT2D eigenvalue weighted by Crippen LogP contribution is 2.40. The summed E-state index contributed by atoms with van der Waals surface area (Å²) in [5.41, 5.74) is 3.82. The smallest absolute Gasteiger partial charge is 0.291 e. The molecule has 4 aromatic rings. The van der Waals surface area contributed by atoms with Gasteiger partial charge in [-0.15, -0.1) is 0 Å². The molecule has 5 nitrogen and oxygen atoms in total. The average Bonchev–Trinajstić information content (AvgIpc) is 3.09. The maximum Gasteiger partial charge on any atom is 0.291 e. The number of benzene rings is 3. The van der Waals surface area contributed by atoms with Crippen molar-refractivity contribution >= 4 is 16.9 Å². The van der Waals surface area contributed by atoms with Crippen LogP contribution in [0, 0.1) is 19.7 Å². The number of nitrogens with zero attached hydrogens (tertiary/aromatic N) is 1. The van der Waals surface area contributed by atoms with Gasteiger partial charge in [0.25, 0.3) is 5.91 Å². The number of ether oxygens (including phenoxy) is 1. The van der Waals surface area contributed by atoms with Gasteiger partial charge in [0.15, 0.2) is 5.43 Å². The van der Waals surface area contributed by atoms with Gasteiger partial charge < -0.3 is 14.1 Å². The van der Waals surface area contributed by atoms with Crippen LogP contribution in [0.4, 0.5) is 4.39 Å². The normalized spacial score (nSPS) is 15.1. The Morgan fingerprint density at radius 3 is 2.38 bits per heavy atom. The van der Waals surface area contributed by atoms with Crippen LogP contribution < -0.4 is 10.2 Å². The lowest BCUT2D eigenvalue weighted by atomic mass is 9.97. The number of aryl methyl sites for hydroxylation is 2. The first-order chi connectivity index (χ1) is 16.4. The Morgan fingerprint density at radius 2 is 1.71 bits per heavy atom. The zero-order valence-electron chi connectivity index (χ0n) is 19.2. The molecule has 172 valence electrons. The minimum atomic E-state index is -0.635. The predicted molar refractivity (Wildman–Crippen MR) is 128 cm³/mol. The molecule has 0 saturated heterocycles. The van der Waals surface area contributed by atoms with Gasteiger partial charge in [0.2, 0.25) is 5.76 Å². The van der Waals surface area contributed by atoms with E-state index >= 15 is 0 Å². The molecule has 1 atom stereocenters. The minimum Gasteiger partial charge on any atom is -0.494 e. The van der Waals surface area contributed by atoms with Crippen LogP contribution in [0.15, 0.2) is 69.9 Å².